The van der Waals surface area contributed by atoms with Gasteiger partial charge in [0.1, 0.15) is 0 Å². The van der Waals surface area contributed by atoms with Crippen molar-refractivity contribution in [1.82, 2.24) is 20.4 Å². The molecule has 5 heteroatoms. The monoisotopic (exact) mass is 258 g/mol. The fourth-order valence-corrected chi connectivity index (χ4v) is 1.74. The highest BCUT2D eigenvalue weighted by molar-refractivity contribution is 5.77. The second-order valence-electron chi connectivity index (χ2n) is 4.14. The first-order chi connectivity index (χ1) is 9.29. The third kappa shape index (κ3) is 3.93. The summed E-state index contributed by atoms with van der Waals surface area (Å²) in [4.78, 5) is 11.3. The van der Waals surface area contributed by atoms with E-state index in [0.717, 1.165) is 11.4 Å². The highest BCUT2D eigenvalue weighted by Crippen LogP contribution is 2.06. The summed E-state index contributed by atoms with van der Waals surface area (Å²) in [6.45, 7) is 3.45. The molecule has 0 aliphatic carbocycles. The van der Waals surface area contributed by atoms with Crippen LogP contribution >= 0.6 is 0 Å². The molecule has 0 bridgehead atoms. The molecular formula is C14H18N4O. The Balaban J connectivity index is 1.86. The predicted molar refractivity (Wildman–Crippen MR) is 74.0 cm³/mol. The lowest BCUT2D eigenvalue weighted by molar-refractivity contribution is -0.120. The molecule has 100 valence electrons. The van der Waals surface area contributed by atoms with Crippen molar-refractivity contribution in [2.45, 2.75) is 13.5 Å². The maximum atomic E-state index is 11.3. The summed E-state index contributed by atoms with van der Waals surface area (Å²) in [5.74, 6) is 0.00462. The molecule has 0 radical (unpaired) electrons. The minimum absolute atomic E-state index is 0.00462. The lowest BCUT2D eigenvalue weighted by Gasteiger charge is -2.03. The molecule has 2 rings (SSSR count). The molecule has 5 nitrogen and oxygen atoms in total. The average Bonchev–Trinajstić information content (AvgIpc) is 2.89. The van der Waals surface area contributed by atoms with E-state index in [4.69, 9.17) is 0 Å². The molecule has 19 heavy (non-hydrogen) atoms. The van der Waals surface area contributed by atoms with Crippen molar-refractivity contribution >= 4 is 5.91 Å². The highest BCUT2D eigenvalue weighted by atomic mass is 16.1. The first-order valence-electron chi connectivity index (χ1n) is 6.37. The van der Waals surface area contributed by atoms with Crippen LogP contribution in [0.25, 0.3) is 5.69 Å². The van der Waals surface area contributed by atoms with Crippen LogP contribution in [0.5, 0.6) is 0 Å². The van der Waals surface area contributed by atoms with E-state index in [1.807, 2.05) is 54.2 Å². The van der Waals surface area contributed by atoms with Crippen molar-refractivity contribution in [3.05, 3.63) is 48.3 Å². The Kier molecular flexibility index (Phi) is 4.69. The molecule has 0 fully saturated rings. The largest absolute Gasteiger partial charge is 0.355 e. The van der Waals surface area contributed by atoms with E-state index in [9.17, 15) is 4.79 Å². The number of carbonyl (C=O) groups excluding carboxylic acids is 1. The third-order valence-corrected chi connectivity index (χ3v) is 2.63. The van der Waals surface area contributed by atoms with Crippen LogP contribution in [0.2, 0.25) is 0 Å². The predicted octanol–water partition coefficient (Wildman–Crippen LogP) is 1.10. The maximum absolute atomic E-state index is 11.3. The summed E-state index contributed by atoms with van der Waals surface area (Å²) in [5.41, 5.74) is 1.94. The van der Waals surface area contributed by atoms with Crippen LogP contribution in [0.3, 0.4) is 0 Å². The lowest BCUT2D eigenvalue weighted by atomic mass is 10.3. The molecule has 1 aromatic heterocycles. The summed E-state index contributed by atoms with van der Waals surface area (Å²) in [5, 5.41) is 10.2. The number of aromatic nitrogens is 2. The van der Waals surface area contributed by atoms with Crippen LogP contribution in [0, 0.1) is 0 Å². The zero-order valence-electron chi connectivity index (χ0n) is 11.0. The number of likely N-dealkylation sites (N-methyl/N-ethyl adjacent to an activating group) is 1. The van der Waals surface area contributed by atoms with Gasteiger partial charge in [-0.25, -0.2) is 4.68 Å². The van der Waals surface area contributed by atoms with E-state index >= 15 is 0 Å². The molecule has 2 N–H and O–H groups in total. The van der Waals surface area contributed by atoms with Crippen molar-refractivity contribution < 1.29 is 4.79 Å². The number of benzene rings is 1. The Hall–Kier alpha value is -2.14. The zero-order chi connectivity index (χ0) is 13.5. The van der Waals surface area contributed by atoms with Gasteiger partial charge < -0.3 is 10.6 Å². The Morgan fingerprint density at radius 3 is 2.79 bits per heavy atom. The van der Waals surface area contributed by atoms with E-state index in [0.29, 0.717) is 19.6 Å². The van der Waals surface area contributed by atoms with Crippen molar-refractivity contribution in [3.63, 3.8) is 0 Å². The van der Waals surface area contributed by atoms with Gasteiger partial charge in [-0.05, 0) is 25.1 Å². The van der Waals surface area contributed by atoms with Gasteiger partial charge in [0.2, 0.25) is 5.91 Å². The van der Waals surface area contributed by atoms with Crippen LogP contribution in [0.1, 0.15) is 12.6 Å². The van der Waals surface area contributed by atoms with Crippen molar-refractivity contribution in [2.75, 3.05) is 13.1 Å². The molecule has 0 atom stereocenters. The van der Waals surface area contributed by atoms with E-state index in [1.54, 1.807) is 0 Å². The summed E-state index contributed by atoms with van der Waals surface area (Å²) in [6.07, 6.45) is 1.92. The van der Waals surface area contributed by atoms with Gasteiger partial charge in [0.15, 0.2) is 0 Å². The van der Waals surface area contributed by atoms with Crippen LogP contribution in [0.4, 0.5) is 0 Å². The number of amides is 1. The van der Waals surface area contributed by atoms with Gasteiger partial charge in [0, 0.05) is 19.3 Å². The van der Waals surface area contributed by atoms with Crippen LogP contribution in [0.15, 0.2) is 42.6 Å². The summed E-state index contributed by atoms with van der Waals surface area (Å²) < 4.78 is 1.82. The first kappa shape index (κ1) is 13.3. The van der Waals surface area contributed by atoms with Crippen LogP contribution < -0.4 is 10.6 Å². The zero-order valence-corrected chi connectivity index (χ0v) is 11.0. The SMILES string of the molecule is CCNC(=O)CNCc1ccn(-c2ccccc2)n1. The molecule has 2 aromatic rings. The molecular weight excluding hydrogens is 240 g/mol. The molecule has 1 amide bonds. The number of rotatable bonds is 6. The fourth-order valence-electron chi connectivity index (χ4n) is 1.74. The summed E-state index contributed by atoms with van der Waals surface area (Å²) in [7, 11) is 0. The van der Waals surface area contributed by atoms with E-state index in [-0.39, 0.29) is 5.91 Å². The Labute approximate surface area is 112 Å². The number of nitrogens with one attached hydrogen (secondary N) is 2. The second kappa shape index (κ2) is 6.70. The topological polar surface area (TPSA) is 59.0 Å². The van der Waals surface area contributed by atoms with Gasteiger partial charge in [0.05, 0.1) is 17.9 Å². The van der Waals surface area contributed by atoms with E-state index in [1.165, 1.54) is 0 Å². The minimum Gasteiger partial charge on any atom is -0.355 e. The molecule has 0 saturated heterocycles. The van der Waals surface area contributed by atoms with Crippen molar-refractivity contribution in [3.8, 4) is 5.69 Å². The fraction of sp³-hybridized carbons (Fsp3) is 0.286. The van der Waals surface area contributed by atoms with Gasteiger partial charge in [-0.3, -0.25) is 4.79 Å². The Bertz CT molecular complexity index is 521. The summed E-state index contributed by atoms with van der Waals surface area (Å²) >= 11 is 0. The average molecular weight is 258 g/mol. The van der Waals surface area contributed by atoms with Crippen molar-refractivity contribution in [1.29, 1.82) is 0 Å². The molecule has 1 heterocycles. The second-order valence-corrected chi connectivity index (χ2v) is 4.14. The molecule has 0 saturated carbocycles. The maximum Gasteiger partial charge on any atom is 0.233 e. The third-order valence-electron chi connectivity index (χ3n) is 2.63. The highest BCUT2D eigenvalue weighted by Gasteiger charge is 2.02. The molecule has 0 spiro atoms. The Morgan fingerprint density at radius 1 is 1.26 bits per heavy atom. The molecule has 0 aliphatic rings. The molecule has 0 unspecified atom stereocenters. The molecule has 1 aromatic carbocycles. The van der Waals surface area contributed by atoms with Crippen LogP contribution in [-0.4, -0.2) is 28.8 Å². The molecule has 0 aliphatic heterocycles. The van der Waals surface area contributed by atoms with Gasteiger partial charge in [-0.2, -0.15) is 5.10 Å². The van der Waals surface area contributed by atoms with Gasteiger partial charge >= 0.3 is 0 Å². The van der Waals surface area contributed by atoms with E-state index < -0.39 is 0 Å². The Morgan fingerprint density at radius 2 is 2.05 bits per heavy atom. The van der Waals surface area contributed by atoms with Gasteiger partial charge in [-0.15, -0.1) is 0 Å². The van der Waals surface area contributed by atoms with Crippen molar-refractivity contribution in [2.24, 2.45) is 0 Å². The smallest absolute Gasteiger partial charge is 0.233 e. The van der Waals surface area contributed by atoms with E-state index in [2.05, 4.69) is 15.7 Å². The number of carbonyl (C=O) groups is 1. The number of para-hydroxylation sites is 1. The first-order valence-corrected chi connectivity index (χ1v) is 6.37. The number of nitrogens with zero attached hydrogens (tertiary/aromatic N) is 2. The number of hydrogen-bond acceptors (Lipinski definition) is 3. The quantitative estimate of drug-likeness (QED) is 0.815. The number of hydrogen-bond donors (Lipinski definition) is 2. The van der Waals surface area contributed by atoms with Gasteiger partial charge in [0.25, 0.3) is 0 Å². The summed E-state index contributed by atoms with van der Waals surface area (Å²) in [6, 6.07) is 11.9. The van der Waals surface area contributed by atoms with Crippen LogP contribution in [-0.2, 0) is 11.3 Å². The minimum atomic E-state index is 0.00462. The van der Waals surface area contributed by atoms with Gasteiger partial charge in [-0.1, -0.05) is 18.2 Å². The standard InChI is InChI=1S/C14H18N4O/c1-2-16-14(19)11-15-10-12-8-9-18(17-12)13-6-4-3-5-7-13/h3-9,15H,2,10-11H2,1H3,(H,16,19). The lowest BCUT2D eigenvalue weighted by Crippen LogP contribution is -2.33. The normalized spacial score (nSPS) is 10.4.